The van der Waals surface area contributed by atoms with Gasteiger partial charge in [0.25, 0.3) is 0 Å². The van der Waals surface area contributed by atoms with E-state index in [0.29, 0.717) is 12.3 Å². The standard InChI is InChI=1S/C30H45N3OS/c1-23(2)25-14-15-27-28(22-25)35-30(32-27)17-16-29(34)31-26(21-24-11-5-3-6-12-24)13-7-10-20-33-18-8-4-9-19-33/h7,10,14-15,22-24,26H,3-6,8-9,11-13,16-21H2,1-2H3,(H,31,34)/b10-7+. The van der Waals surface area contributed by atoms with E-state index < -0.39 is 0 Å². The molecule has 1 atom stereocenters. The number of rotatable bonds is 11. The summed E-state index contributed by atoms with van der Waals surface area (Å²) in [6.45, 7) is 7.97. The molecule has 4 nitrogen and oxygen atoms in total. The van der Waals surface area contributed by atoms with Crippen LogP contribution < -0.4 is 5.32 Å². The second-order valence-electron chi connectivity index (χ2n) is 11.1. The van der Waals surface area contributed by atoms with Crippen LogP contribution >= 0.6 is 11.3 Å². The van der Waals surface area contributed by atoms with Crippen LogP contribution in [0.4, 0.5) is 0 Å². The second kappa shape index (κ2) is 13.5. The third kappa shape index (κ3) is 8.42. The molecule has 4 rings (SSSR count). The highest BCUT2D eigenvalue weighted by Crippen LogP contribution is 2.29. The van der Waals surface area contributed by atoms with Gasteiger partial charge in [-0.25, -0.2) is 4.98 Å². The Bertz CT molecular complexity index is 954. The van der Waals surface area contributed by atoms with Gasteiger partial charge >= 0.3 is 0 Å². The number of benzene rings is 1. The lowest BCUT2D eigenvalue weighted by atomic mass is 9.84. The summed E-state index contributed by atoms with van der Waals surface area (Å²) >= 11 is 1.74. The Morgan fingerprint density at radius 3 is 2.66 bits per heavy atom. The molecule has 35 heavy (non-hydrogen) atoms. The molecule has 1 aliphatic carbocycles. The monoisotopic (exact) mass is 495 g/mol. The second-order valence-corrected chi connectivity index (χ2v) is 12.2. The van der Waals surface area contributed by atoms with Gasteiger partial charge in [-0.3, -0.25) is 9.69 Å². The summed E-state index contributed by atoms with van der Waals surface area (Å²) in [5.41, 5.74) is 2.41. The first-order valence-corrected chi connectivity index (χ1v) is 14.9. The van der Waals surface area contributed by atoms with Crippen LogP contribution in [-0.2, 0) is 11.2 Å². The number of aromatic nitrogens is 1. The minimum absolute atomic E-state index is 0.178. The van der Waals surface area contributed by atoms with Crippen molar-refractivity contribution in [2.24, 2.45) is 5.92 Å². The van der Waals surface area contributed by atoms with Gasteiger partial charge in [-0.05, 0) is 68.3 Å². The van der Waals surface area contributed by atoms with E-state index in [2.05, 4.69) is 54.4 Å². The molecule has 1 unspecified atom stereocenters. The van der Waals surface area contributed by atoms with E-state index in [0.717, 1.165) is 42.2 Å². The summed E-state index contributed by atoms with van der Waals surface area (Å²) in [4.78, 5) is 20.3. The zero-order valence-electron chi connectivity index (χ0n) is 21.9. The molecule has 1 saturated heterocycles. The van der Waals surface area contributed by atoms with Crippen molar-refractivity contribution < 1.29 is 4.79 Å². The van der Waals surface area contributed by atoms with Crippen LogP contribution in [0.2, 0.25) is 0 Å². The number of likely N-dealkylation sites (tertiary alicyclic amines) is 1. The van der Waals surface area contributed by atoms with E-state index >= 15 is 0 Å². The van der Waals surface area contributed by atoms with Crippen LogP contribution in [0, 0.1) is 5.92 Å². The third-order valence-corrected chi connectivity index (χ3v) is 8.87. The van der Waals surface area contributed by atoms with Gasteiger partial charge in [0.05, 0.1) is 15.2 Å². The SMILES string of the molecule is CC(C)c1ccc2nc(CCC(=O)NC(C/C=C/CN3CCCCC3)CC3CCCCC3)sc2c1. The van der Waals surface area contributed by atoms with Crippen molar-refractivity contribution in [1.29, 1.82) is 0 Å². The Kier molecular flexibility index (Phi) is 10.2. The van der Waals surface area contributed by atoms with Crippen molar-refractivity contribution >= 4 is 27.5 Å². The molecule has 2 aromatic rings. The lowest BCUT2D eigenvalue weighted by Crippen LogP contribution is -2.36. The average Bonchev–Trinajstić information content (AvgIpc) is 3.29. The van der Waals surface area contributed by atoms with Crippen LogP contribution in [0.25, 0.3) is 10.2 Å². The van der Waals surface area contributed by atoms with E-state index in [1.54, 1.807) is 11.3 Å². The first-order valence-electron chi connectivity index (χ1n) is 14.1. The summed E-state index contributed by atoms with van der Waals surface area (Å²) in [7, 11) is 0. The fraction of sp³-hybridized carbons (Fsp3) is 0.667. The number of fused-ring (bicyclic) bond motifs is 1. The number of hydrogen-bond acceptors (Lipinski definition) is 4. The van der Waals surface area contributed by atoms with Crippen molar-refractivity contribution in [2.45, 2.75) is 103 Å². The lowest BCUT2D eigenvalue weighted by molar-refractivity contribution is -0.121. The number of aryl methyl sites for hydroxylation is 1. The number of nitrogens with one attached hydrogen (secondary N) is 1. The fourth-order valence-corrected chi connectivity index (χ4v) is 6.66. The Balaban J connectivity index is 1.29. The zero-order chi connectivity index (χ0) is 24.5. The van der Waals surface area contributed by atoms with Gasteiger partial charge < -0.3 is 5.32 Å². The van der Waals surface area contributed by atoms with E-state index in [9.17, 15) is 4.79 Å². The molecule has 1 N–H and O–H groups in total. The molecule has 192 valence electrons. The van der Waals surface area contributed by atoms with E-state index in [1.165, 1.54) is 74.7 Å². The molecular weight excluding hydrogens is 450 g/mol. The van der Waals surface area contributed by atoms with Gasteiger partial charge in [-0.15, -0.1) is 11.3 Å². The van der Waals surface area contributed by atoms with Gasteiger partial charge in [-0.2, -0.15) is 0 Å². The maximum Gasteiger partial charge on any atom is 0.220 e. The molecule has 1 saturated carbocycles. The molecule has 0 spiro atoms. The Morgan fingerprint density at radius 1 is 1.11 bits per heavy atom. The van der Waals surface area contributed by atoms with Gasteiger partial charge in [0.2, 0.25) is 5.91 Å². The fourth-order valence-electron chi connectivity index (χ4n) is 5.64. The molecule has 0 radical (unpaired) electrons. The summed E-state index contributed by atoms with van der Waals surface area (Å²) in [5, 5.41) is 4.47. The highest BCUT2D eigenvalue weighted by molar-refractivity contribution is 7.18. The first kappa shape index (κ1) is 26.3. The smallest absolute Gasteiger partial charge is 0.220 e. The van der Waals surface area contributed by atoms with Gasteiger partial charge in [0.15, 0.2) is 0 Å². The number of thiazole rings is 1. The zero-order valence-corrected chi connectivity index (χ0v) is 22.8. The summed E-state index contributed by atoms with van der Waals surface area (Å²) in [6, 6.07) is 6.82. The molecule has 1 aliphatic heterocycles. The van der Waals surface area contributed by atoms with Gasteiger partial charge in [0.1, 0.15) is 0 Å². The normalized spacial score (nSPS) is 19.1. The predicted molar refractivity (Wildman–Crippen MR) is 149 cm³/mol. The van der Waals surface area contributed by atoms with Gasteiger partial charge in [0, 0.05) is 25.4 Å². The summed E-state index contributed by atoms with van der Waals surface area (Å²) in [6.07, 6.45) is 18.8. The van der Waals surface area contributed by atoms with E-state index in [4.69, 9.17) is 4.98 Å². The number of carbonyl (C=O) groups is 1. The molecule has 2 heterocycles. The van der Waals surface area contributed by atoms with Crippen molar-refractivity contribution in [3.63, 3.8) is 0 Å². The van der Waals surface area contributed by atoms with Crippen LogP contribution in [0.5, 0.6) is 0 Å². The number of amides is 1. The van der Waals surface area contributed by atoms with E-state index in [-0.39, 0.29) is 11.9 Å². The van der Waals surface area contributed by atoms with Crippen molar-refractivity contribution in [1.82, 2.24) is 15.2 Å². The highest BCUT2D eigenvalue weighted by Gasteiger charge is 2.20. The highest BCUT2D eigenvalue weighted by atomic mass is 32.1. The van der Waals surface area contributed by atoms with Crippen molar-refractivity contribution in [3.8, 4) is 0 Å². The maximum absolute atomic E-state index is 12.9. The van der Waals surface area contributed by atoms with E-state index in [1.807, 2.05) is 0 Å². The largest absolute Gasteiger partial charge is 0.353 e. The number of carbonyl (C=O) groups excluding carboxylic acids is 1. The quantitative estimate of drug-likeness (QED) is 0.334. The molecule has 2 fully saturated rings. The molecule has 1 aromatic heterocycles. The lowest BCUT2D eigenvalue weighted by Gasteiger charge is -2.27. The van der Waals surface area contributed by atoms with Crippen LogP contribution in [0.1, 0.15) is 101 Å². The third-order valence-electron chi connectivity index (χ3n) is 7.80. The average molecular weight is 496 g/mol. The Labute approximate surface area is 216 Å². The first-order chi connectivity index (χ1) is 17.1. The molecule has 1 aromatic carbocycles. The number of piperidine rings is 1. The minimum Gasteiger partial charge on any atom is -0.353 e. The summed E-state index contributed by atoms with van der Waals surface area (Å²) in [5.74, 6) is 1.46. The number of nitrogens with zero attached hydrogens (tertiary/aromatic N) is 2. The predicted octanol–water partition coefficient (Wildman–Crippen LogP) is 7.24. The van der Waals surface area contributed by atoms with Crippen LogP contribution in [0.3, 0.4) is 0 Å². The van der Waals surface area contributed by atoms with Crippen LogP contribution in [0.15, 0.2) is 30.4 Å². The number of hydrogen-bond donors (Lipinski definition) is 1. The molecule has 5 heteroatoms. The van der Waals surface area contributed by atoms with Gasteiger partial charge in [-0.1, -0.05) is 70.6 Å². The molecule has 2 aliphatic rings. The van der Waals surface area contributed by atoms with Crippen molar-refractivity contribution in [2.75, 3.05) is 19.6 Å². The minimum atomic E-state index is 0.178. The molecule has 0 bridgehead atoms. The summed E-state index contributed by atoms with van der Waals surface area (Å²) < 4.78 is 1.24. The maximum atomic E-state index is 12.9. The Morgan fingerprint density at radius 2 is 1.89 bits per heavy atom. The van der Waals surface area contributed by atoms with Crippen molar-refractivity contribution in [3.05, 3.63) is 40.9 Å². The molecular formula is C30H45N3OS. The van der Waals surface area contributed by atoms with Crippen LogP contribution in [-0.4, -0.2) is 41.5 Å². The Hall–Kier alpha value is -1.72. The molecule has 1 amide bonds. The topological polar surface area (TPSA) is 45.2 Å².